The molecule has 84 valence electrons. The van der Waals surface area contributed by atoms with Gasteiger partial charge in [0.05, 0.1) is 13.2 Å². The normalized spacial score (nSPS) is 27.0. The lowest BCUT2D eigenvalue weighted by molar-refractivity contribution is -0.0701. The van der Waals surface area contributed by atoms with Crippen molar-refractivity contribution < 1.29 is 14.6 Å². The van der Waals surface area contributed by atoms with E-state index in [1.54, 1.807) is 0 Å². The van der Waals surface area contributed by atoms with Crippen molar-refractivity contribution in [2.24, 2.45) is 0 Å². The van der Waals surface area contributed by atoms with Gasteiger partial charge in [-0.25, -0.2) is 0 Å². The monoisotopic (exact) mass is 202 g/mol. The lowest BCUT2D eigenvalue weighted by Crippen LogP contribution is -2.16. The maximum Gasteiger partial charge on any atom is 0.158 e. The lowest BCUT2D eigenvalue weighted by atomic mass is 10.1. The summed E-state index contributed by atoms with van der Waals surface area (Å²) >= 11 is 0. The second kappa shape index (κ2) is 7.21. The molecule has 1 aliphatic heterocycles. The van der Waals surface area contributed by atoms with Crippen LogP contribution in [0.1, 0.15) is 45.4 Å². The van der Waals surface area contributed by atoms with Crippen LogP contribution in [0.2, 0.25) is 0 Å². The number of ether oxygens (including phenoxy) is 2. The van der Waals surface area contributed by atoms with Gasteiger partial charge < -0.3 is 14.6 Å². The molecule has 14 heavy (non-hydrogen) atoms. The lowest BCUT2D eigenvalue weighted by Gasteiger charge is -2.09. The maximum atomic E-state index is 8.82. The summed E-state index contributed by atoms with van der Waals surface area (Å²) in [6, 6.07) is 0. The van der Waals surface area contributed by atoms with E-state index in [2.05, 4.69) is 6.92 Å². The van der Waals surface area contributed by atoms with Crippen LogP contribution >= 0.6 is 0 Å². The van der Waals surface area contributed by atoms with E-state index in [4.69, 9.17) is 14.6 Å². The van der Waals surface area contributed by atoms with Crippen molar-refractivity contribution >= 4 is 0 Å². The minimum atomic E-state index is -0.0874. The summed E-state index contributed by atoms with van der Waals surface area (Å²) in [6.45, 7) is 2.84. The van der Waals surface area contributed by atoms with Crippen molar-refractivity contribution in [2.75, 3.05) is 13.2 Å². The first kappa shape index (κ1) is 12.0. The van der Waals surface area contributed by atoms with Crippen molar-refractivity contribution in [3.8, 4) is 0 Å². The molecule has 1 N–H and O–H groups in total. The molecular formula is C11H22O3. The molecule has 0 radical (unpaired) electrons. The van der Waals surface area contributed by atoms with E-state index in [1.165, 1.54) is 32.1 Å². The predicted molar refractivity (Wildman–Crippen MR) is 55.1 cm³/mol. The van der Waals surface area contributed by atoms with E-state index in [1.807, 2.05) is 0 Å². The summed E-state index contributed by atoms with van der Waals surface area (Å²) < 4.78 is 10.8. The Labute approximate surface area is 86.4 Å². The zero-order valence-electron chi connectivity index (χ0n) is 9.08. The fraction of sp³-hybridized carbons (Fsp3) is 1.00. The zero-order valence-corrected chi connectivity index (χ0v) is 9.08. The highest BCUT2D eigenvalue weighted by molar-refractivity contribution is 4.63. The van der Waals surface area contributed by atoms with Crippen LogP contribution in [-0.2, 0) is 9.47 Å². The van der Waals surface area contributed by atoms with Gasteiger partial charge in [0.1, 0.15) is 6.10 Å². The first-order chi connectivity index (χ1) is 6.86. The van der Waals surface area contributed by atoms with Crippen LogP contribution in [0.25, 0.3) is 0 Å². The second-order valence-electron chi connectivity index (χ2n) is 3.91. The van der Waals surface area contributed by atoms with Crippen molar-refractivity contribution in [1.29, 1.82) is 0 Å². The van der Waals surface area contributed by atoms with Crippen molar-refractivity contribution in [3.63, 3.8) is 0 Å². The molecule has 3 nitrogen and oxygen atoms in total. The summed E-state index contributed by atoms with van der Waals surface area (Å²) in [5.41, 5.74) is 0. The standard InChI is InChI=1S/C11H22O3/c1-2-3-4-5-6-7-11-13-9-10(8-12)14-11/h10-12H,2-9H2,1H3/t10-,11+/m1/s1. The molecule has 1 rings (SSSR count). The number of aliphatic hydroxyl groups excluding tert-OH is 1. The second-order valence-corrected chi connectivity index (χ2v) is 3.91. The van der Waals surface area contributed by atoms with Crippen LogP contribution < -0.4 is 0 Å². The number of aliphatic hydroxyl groups is 1. The summed E-state index contributed by atoms with van der Waals surface area (Å²) in [5.74, 6) is 0. The average molecular weight is 202 g/mol. The SMILES string of the molecule is CCCCCCC[C@H]1OC[C@@H](CO)O1. The highest BCUT2D eigenvalue weighted by Crippen LogP contribution is 2.17. The number of unbranched alkanes of at least 4 members (excludes halogenated alkanes) is 4. The largest absolute Gasteiger partial charge is 0.394 e. The van der Waals surface area contributed by atoms with E-state index in [0.717, 1.165) is 6.42 Å². The minimum Gasteiger partial charge on any atom is -0.394 e. The molecule has 0 amide bonds. The molecule has 0 unspecified atom stereocenters. The third-order valence-corrected chi connectivity index (χ3v) is 2.56. The Hall–Kier alpha value is -0.120. The van der Waals surface area contributed by atoms with Gasteiger partial charge in [0.2, 0.25) is 0 Å². The van der Waals surface area contributed by atoms with Crippen molar-refractivity contribution in [3.05, 3.63) is 0 Å². The van der Waals surface area contributed by atoms with E-state index in [-0.39, 0.29) is 19.0 Å². The van der Waals surface area contributed by atoms with E-state index in [0.29, 0.717) is 6.61 Å². The molecular weight excluding hydrogens is 180 g/mol. The molecule has 1 saturated heterocycles. The molecule has 1 aliphatic rings. The van der Waals surface area contributed by atoms with Crippen LogP contribution in [0.3, 0.4) is 0 Å². The maximum absolute atomic E-state index is 8.82. The van der Waals surface area contributed by atoms with Gasteiger partial charge in [0, 0.05) is 0 Å². The predicted octanol–water partition coefficient (Wildman–Crippen LogP) is 2.08. The molecule has 0 bridgehead atoms. The van der Waals surface area contributed by atoms with Crippen molar-refractivity contribution in [2.45, 2.75) is 57.8 Å². The molecule has 0 aromatic heterocycles. The van der Waals surface area contributed by atoms with Crippen LogP contribution in [0.15, 0.2) is 0 Å². The highest BCUT2D eigenvalue weighted by Gasteiger charge is 2.24. The fourth-order valence-corrected chi connectivity index (χ4v) is 1.67. The number of hydrogen-bond donors (Lipinski definition) is 1. The van der Waals surface area contributed by atoms with Gasteiger partial charge in [0.25, 0.3) is 0 Å². The van der Waals surface area contributed by atoms with Gasteiger partial charge in [-0.2, -0.15) is 0 Å². The number of rotatable bonds is 7. The van der Waals surface area contributed by atoms with Gasteiger partial charge in [0.15, 0.2) is 6.29 Å². The molecule has 0 aromatic carbocycles. The molecule has 0 saturated carbocycles. The number of hydrogen-bond acceptors (Lipinski definition) is 3. The highest BCUT2D eigenvalue weighted by atomic mass is 16.7. The summed E-state index contributed by atoms with van der Waals surface area (Å²) in [5, 5.41) is 8.82. The Balaban J connectivity index is 1.92. The Bertz CT molecular complexity index is 138. The fourth-order valence-electron chi connectivity index (χ4n) is 1.67. The van der Waals surface area contributed by atoms with Crippen molar-refractivity contribution in [1.82, 2.24) is 0 Å². The summed E-state index contributed by atoms with van der Waals surface area (Å²) in [4.78, 5) is 0. The Kier molecular flexibility index (Phi) is 6.15. The quantitative estimate of drug-likeness (QED) is 0.642. The minimum absolute atomic E-state index is 0.0613. The Morgan fingerprint density at radius 3 is 2.64 bits per heavy atom. The molecule has 2 atom stereocenters. The smallest absolute Gasteiger partial charge is 0.158 e. The van der Waals surface area contributed by atoms with Crippen LogP contribution in [0, 0.1) is 0 Å². The van der Waals surface area contributed by atoms with E-state index >= 15 is 0 Å². The van der Waals surface area contributed by atoms with Gasteiger partial charge in [-0.15, -0.1) is 0 Å². The first-order valence-electron chi connectivity index (χ1n) is 5.74. The first-order valence-corrected chi connectivity index (χ1v) is 5.74. The molecule has 0 aromatic rings. The third kappa shape index (κ3) is 4.40. The van der Waals surface area contributed by atoms with Gasteiger partial charge >= 0.3 is 0 Å². The summed E-state index contributed by atoms with van der Waals surface area (Å²) in [7, 11) is 0. The van der Waals surface area contributed by atoms with Crippen LogP contribution in [0.5, 0.6) is 0 Å². The van der Waals surface area contributed by atoms with E-state index < -0.39 is 0 Å². The van der Waals surface area contributed by atoms with Gasteiger partial charge in [-0.05, 0) is 12.8 Å². The Morgan fingerprint density at radius 2 is 2.00 bits per heavy atom. The van der Waals surface area contributed by atoms with Crippen LogP contribution in [-0.4, -0.2) is 30.7 Å². The van der Waals surface area contributed by atoms with Gasteiger partial charge in [-0.3, -0.25) is 0 Å². The molecule has 1 heterocycles. The Morgan fingerprint density at radius 1 is 1.21 bits per heavy atom. The zero-order chi connectivity index (χ0) is 10.2. The average Bonchev–Trinajstić information content (AvgIpc) is 2.65. The molecule has 1 fully saturated rings. The molecule has 3 heteroatoms. The van der Waals surface area contributed by atoms with E-state index in [9.17, 15) is 0 Å². The summed E-state index contributed by atoms with van der Waals surface area (Å²) in [6.07, 6.45) is 7.18. The topological polar surface area (TPSA) is 38.7 Å². The van der Waals surface area contributed by atoms with Gasteiger partial charge in [-0.1, -0.05) is 32.6 Å². The third-order valence-electron chi connectivity index (χ3n) is 2.56. The van der Waals surface area contributed by atoms with Crippen LogP contribution in [0.4, 0.5) is 0 Å². The molecule has 0 aliphatic carbocycles. The molecule has 0 spiro atoms.